The summed E-state index contributed by atoms with van der Waals surface area (Å²) in [6.45, 7) is -1.31. The summed E-state index contributed by atoms with van der Waals surface area (Å²) in [4.78, 5) is 26.2. The van der Waals surface area contributed by atoms with Crippen molar-refractivity contribution in [3.05, 3.63) is 0 Å². The molecular weight excluding hydrogens is 282 g/mol. The van der Waals surface area contributed by atoms with Gasteiger partial charge < -0.3 is 15.3 Å². The molecule has 114 valence electrons. The zero-order valence-electron chi connectivity index (χ0n) is 9.29. The van der Waals surface area contributed by atoms with Crippen molar-refractivity contribution in [2.45, 2.75) is 0 Å². The molecule has 0 bridgehead atoms. The average Bonchev–Trinajstić information content (AvgIpc) is 2.43. The molecule has 0 heterocycles. The fraction of sp³-hybridized carbons (Fsp3) is 0.800. The van der Waals surface area contributed by atoms with Crippen molar-refractivity contribution >= 4 is 6.29 Å². The van der Waals surface area contributed by atoms with Crippen LogP contribution >= 0.6 is 0 Å². The molecule has 0 amide bonds. The molecule has 0 aliphatic rings. The summed E-state index contributed by atoms with van der Waals surface area (Å²) in [5, 5.41) is 26.3. The van der Waals surface area contributed by atoms with Crippen LogP contribution in [0.4, 0.5) is 0 Å². The lowest BCUT2D eigenvalue weighted by Crippen LogP contribution is -2.09. The number of hydrogen-bond acceptors (Lipinski definition) is 14. The minimum Gasteiger partial charge on any atom is -0.345 e. The summed E-state index contributed by atoms with van der Waals surface area (Å²) in [7, 11) is 0. The third-order valence-corrected chi connectivity index (χ3v) is 0.813. The first kappa shape index (κ1) is 18.1. The smallest absolute Gasteiger partial charge is 0.221 e. The molecule has 0 aromatic rings. The molecule has 0 fully saturated rings. The lowest BCUT2D eigenvalue weighted by atomic mass is 10.8. The minimum atomic E-state index is -0.544. The van der Waals surface area contributed by atoms with Crippen LogP contribution in [0.25, 0.3) is 0 Å². The highest BCUT2D eigenvalue weighted by Gasteiger charge is 1.96. The van der Waals surface area contributed by atoms with Gasteiger partial charge in [-0.15, -0.1) is 0 Å². The fourth-order valence-electron chi connectivity index (χ4n) is 0.355. The summed E-state index contributed by atoms with van der Waals surface area (Å²) in [6, 6.07) is 0. The Bertz CT molecular complexity index is 180. The van der Waals surface area contributed by atoms with E-state index in [-0.39, 0.29) is 20.1 Å². The van der Waals surface area contributed by atoms with E-state index in [1.165, 1.54) is 0 Å². The maximum absolute atomic E-state index is 9.77. The highest BCUT2D eigenvalue weighted by molar-refractivity contribution is 5.50. The number of carbonyl (C=O) groups excluding carboxylic acids is 1. The molecule has 0 rings (SSSR count). The van der Waals surface area contributed by atoms with Crippen molar-refractivity contribution in [3.63, 3.8) is 0 Å². The highest BCUT2D eigenvalue weighted by atomic mass is 17.9. The van der Waals surface area contributed by atoms with Gasteiger partial charge in [-0.1, -0.05) is 5.04 Å². The normalized spacial score (nSPS) is 10.8. The monoisotopic (exact) mass is 293 g/mol. The molecule has 14 heteroatoms. The summed E-state index contributed by atoms with van der Waals surface area (Å²) in [5.74, 6) is 0. The van der Waals surface area contributed by atoms with E-state index in [9.17, 15) is 4.79 Å². The van der Waals surface area contributed by atoms with Gasteiger partial charge in [0, 0.05) is 0 Å². The summed E-state index contributed by atoms with van der Waals surface area (Å²) >= 11 is 0. The maximum atomic E-state index is 9.77. The van der Waals surface area contributed by atoms with E-state index in [1.54, 1.807) is 0 Å². The highest BCUT2D eigenvalue weighted by Crippen LogP contribution is 1.90. The lowest BCUT2D eigenvalue weighted by Gasteiger charge is -2.01. The zero-order valence-corrected chi connectivity index (χ0v) is 9.29. The van der Waals surface area contributed by atoms with Gasteiger partial charge in [0.05, 0.1) is 0 Å². The second kappa shape index (κ2) is 17.2. The number of carbonyl (C=O) groups is 1. The molecule has 0 aliphatic heterocycles. The molecule has 0 saturated heterocycles. The van der Waals surface area contributed by atoms with E-state index in [4.69, 9.17) is 5.73 Å². The SMILES string of the molecule is NCOOOCOOOOOOOOCOCC=O. The Morgan fingerprint density at radius 1 is 0.737 bits per heavy atom. The van der Waals surface area contributed by atoms with Crippen molar-refractivity contribution < 1.29 is 64.3 Å². The second-order valence-electron chi connectivity index (χ2n) is 1.89. The van der Waals surface area contributed by atoms with Gasteiger partial charge in [-0.05, 0) is 30.2 Å². The molecule has 0 aromatic heterocycles. The molecule has 0 atom stereocenters. The lowest BCUT2D eigenvalue weighted by molar-refractivity contribution is -0.817. The molecule has 0 unspecified atom stereocenters. The topological polar surface area (TPSA) is 154 Å². The van der Waals surface area contributed by atoms with Crippen molar-refractivity contribution in [3.8, 4) is 0 Å². The number of aldehydes is 1. The van der Waals surface area contributed by atoms with Crippen LogP contribution in [-0.2, 0) is 64.3 Å². The van der Waals surface area contributed by atoms with Crippen LogP contribution in [0.5, 0.6) is 0 Å². The van der Waals surface area contributed by atoms with Crippen LogP contribution in [0.2, 0.25) is 0 Å². The Labute approximate surface area is 104 Å². The summed E-state index contributed by atoms with van der Waals surface area (Å²) in [5.41, 5.74) is 4.86. The molecule has 0 aromatic carbocycles. The third kappa shape index (κ3) is 17.1. The molecular formula is C5H11NO13. The Kier molecular flexibility index (Phi) is 16.4. The van der Waals surface area contributed by atoms with Crippen molar-refractivity contribution in [1.29, 1.82) is 0 Å². The van der Waals surface area contributed by atoms with Crippen molar-refractivity contribution in [2.24, 2.45) is 5.73 Å². The van der Waals surface area contributed by atoms with E-state index < -0.39 is 6.79 Å². The van der Waals surface area contributed by atoms with Gasteiger partial charge in [0.15, 0.2) is 6.79 Å². The fourth-order valence-corrected chi connectivity index (χ4v) is 0.355. The van der Waals surface area contributed by atoms with Gasteiger partial charge in [-0.25, -0.2) is 0 Å². The van der Waals surface area contributed by atoms with Crippen LogP contribution in [0.1, 0.15) is 0 Å². The van der Waals surface area contributed by atoms with Gasteiger partial charge in [-0.2, -0.15) is 19.6 Å². The Balaban J connectivity index is 2.89. The summed E-state index contributed by atoms with van der Waals surface area (Å²) < 4.78 is 4.47. The van der Waals surface area contributed by atoms with Gasteiger partial charge >= 0.3 is 0 Å². The van der Waals surface area contributed by atoms with Gasteiger partial charge in [0.25, 0.3) is 0 Å². The molecule has 0 aliphatic carbocycles. The second-order valence-corrected chi connectivity index (χ2v) is 1.89. The van der Waals surface area contributed by atoms with Crippen molar-refractivity contribution in [1.82, 2.24) is 0 Å². The van der Waals surface area contributed by atoms with Gasteiger partial charge in [0.2, 0.25) is 6.79 Å². The van der Waals surface area contributed by atoms with E-state index in [1.807, 2.05) is 0 Å². The molecule has 2 N–H and O–H groups in total. The molecule has 19 heavy (non-hydrogen) atoms. The van der Waals surface area contributed by atoms with E-state index in [0.29, 0.717) is 6.29 Å². The minimum absolute atomic E-state index is 0.170. The van der Waals surface area contributed by atoms with Gasteiger partial charge in [0.1, 0.15) is 19.6 Å². The van der Waals surface area contributed by atoms with E-state index in [0.717, 1.165) is 0 Å². The molecule has 14 nitrogen and oxygen atoms in total. The van der Waals surface area contributed by atoms with Crippen LogP contribution in [-0.4, -0.2) is 33.2 Å². The molecule has 0 saturated carbocycles. The number of rotatable bonds is 16. The van der Waals surface area contributed by atoms with Crippen molar-refractivity contribution in [2.75, 3.05) is 26.9 Å². The largest absolute Gasteiger partial charge is 0.345 e. The van der Waals surface area contributed by atoms with Crippen LogP contribution in [0, 0.1) is 0 Å². The number of ether oxygens (including phenoxy) is 1. The zero-order chi connectivity index (χ0) is 14.0. The Morgan fingerprint density at radius 3 is 1.95 bits per heavy atom. The summed E-state index contributed by atoms with van der Waals surface area (Å²) in [6.07, 6.45) is 0.506. The quantitative estimate of drug-likeness (QED) is 0.115. The van der Waals surface area contributed by atoms with Crippen LogP contribution < -0.4 is 5.73 Å². The molecule has 0 radical (unpaired) electrons. The first-order valence-electron chi connectivity index (χ1n) is 4.28. The van der Waals surface area contributed by atoms with Crippen LogP contribution in [0.3, 0.4) is 0 Å². The van der Waals surface area contributed by atoms with E-state index >= 15 is 0 Å². The standard InChI is InChI=1S/C5H11NO13/c6-3-9-13-11-5-12-15-17-19-18-16-14-10-4-8-2-1-7/h1H,2-6H2. The number of hydrogen-bond donors (Lipinski definition) is 1. The first-order valence-corrected chi connectivity index (χ1v) is 4.28. The molecule has 0 spiro atoms. The Morgan fingerprint density at radius 2 is 1.32 bits per heavy atom. The van der Waals surface area contributed by atoms with Crippen LogP contribution in [0.15, 0.2) is 0 Å². The number of nitrogens with two attached hydrogens (primary N) is 1. The van der Waals surface area contributed by atoms with Gasteiger partial charge in [-0.3, -0.25) is 0 Å². The maximum Gasteiger partial charge on any atom is 0.221 e. The third-order valence-electron chi connectivity index (χ3n) is 0.813. The predicted octanol–water partition coefficient (Wildman–Crippen LogP) is -1.55. The van der Waals surface area contributed by atoms with E-state index in [2.05, 4.69) is 59.6 Å². The predicted molar refractivity (Wildman–Crippen MR) is 42.7 cm³/mol. The Hall–Kier alpha value is -0.850. The first-order chi connectivity index (χ1) is 9.41. The average molecular weight is 293 g/mol.